The standard InChI is InChI=1S/C24H28FN5O4S2/c1-4-29(5-2)36(33,34)19-12-10-18(11-13-19)22(32)16-35-24-28-27-23(14-15-26-17(3)31)30(24)21-9-7-6-8-20(21)25/h6-13H,4-5,14-16H2,1-3H3,(H,26,31). The first-order valence-corrected chi connectivity index (χ1v) is 13.8. The van der Waals surface area contributed by atoms with Crippen molar-refractivity contribution in [2.24, 2.45) is 0 Å². The molecule has 0 spiro atoms. The van der Waals surface area contributed by atoms with Crippen molar-refractivity contribution >= 4 is 33.5 Å². The number of aromatic nitrogens is 3. The van der Waals surface area contributed by atoms with E-state index < -0.39 is 15.8 Å². The van der Waals surface area contributed by atoms with Crippen molar-refractivity contribution in [3.63, 3.8) is 0 Å². The van der Waals surface area contributed by atoms with E-state index in [2.05, 4.69) is 15.5 Å². The van der Waals surface area contributed by atoms with Crippen LogP contribution in [0.3, 0.4) is 0 Å². The minimum absolute atomic E-state index is 0.0135. The summed E-state index contributed by atoms with van der Waals surface area (Å²) in [5, 5.41) is 11.3. The lowest BCUT2D eigenvalue weighted by Gasteiger charge is -2.18. The van der Waals surface area contributed by atoms with E-state index in [9.17, 15) is 22.4 Å². The van der Waals surface area contributed by atoms with Crippen LogP contribution in [0.2, 0.25) is 0 Å². The van der Waals surface area contributed by atoms with Gasteiger partial charge in [0, 0.05) is 38.5 Å². The Morgan fingerprint density at radius 3 is 2.33 bits per heavy atom. The molecule has 0 fully saturated rings. The lowest BCUT2D eigenvalue weighted by Crippen LogP contribution is -2.30. The molecule has 36 heavy (non-hydrogen) atoms. The number of carbonyl (C=O) groups excluding carboxylic acids is 2. The van der Waals surface area contributed by atoms with Crippen molar-refractivity contribution in [1.82, 2.24) is 24.4 Å². The molecule has 12 heteroatoms. The zero-order valence-corrected chi connectivity index (χ0v) is 21.9. The van der Waals surface area contributed by atoms with E-state index in [1.54, 1.807) is 32.0 Å². The van der Waals surface area contributed by atoms with Crippen LogP contribution in [0.4, 0.5) is 4.39 Å². The van der Waals surface area contributed by atoms with Gasteiger partial charge in [0.15, 0.2) is 10.9 Å². The Labute approximate surface area is 214 Å². The van der Waals surface area contributed by atoms with E-state index in [1.807, 2.05) is 0 Å². The second kappa shape index (κ2) is 12.2. The molecular formula is C24H28FN5O4S2. The number of benzene rings is 2. The molecule has 192 valence electrons. The predicted octanol–water partition coefficient (Wildman–Crippen LogP) is 3.09. The van der Waals surface area contributed by atoms with Crippen LogP contribution >= 0.6 is 11.8 Å². The summed E-state index contributed by atoms with van der Waals surface area (Å²) in [6.45, 7) is 5.94. The number of para-hydroxylation sites is 1. The summed E-state index contributed by atoms with van der Waals surface area (Å²) in [4.78, 5) is 24.2. The Hall–Kier alpha value is -3.09. The summed E-state index contributed by atoms with van der Waals surface area (Å²) in [6, 6.07) is 12.0. The molecule has 1 heterocycles. The molecule has 1 amide bonds. The lowest BCUT2D eigenvalue weighted by atomic mass is 10.1. The van der Waals surface area contributed by atoms with Gasteiger partial charge in [-0.15, -0.1) is 10.2 Å². The molecule has 0 saturated carbocycles. The van der Waals surface area contributed by atoms with Crippen molar-refractivity contribution in [1.29, 1.82) is 0 Å². The number of hydrogen-bond acceptors (Lipinski definition) is 7. The molecule has 1 aromatic heterocycles. The van der Waals surface area contributed by atoms with Gasteiger partial charge in [0.25, 0.3) is 0 Å². The van der Waals surface area contributed by atoms with Gasteiger partial charge in [-0.25, -0.2) is 12.8 Å². The Morgan fingerprint density at radius 2 is 1.72 bits per heavy atom. The number of halogens is 1. The third-order valence-electron chi connectivity index (χ3n) is 5.37. The summed E-state index contributed by atoms with van der Waals surface area (Å²) < 4.78 is 42.8. The maximum Gasteiger partial charge on any atom is 0.243 e. The van der Waals surface area contributed by atoms with Crippen LogP contribution in [-0.2, 0) is 21.2 Å². The molecular weight excluding hydrogens is 505 g/mol. The van der Waals surface area contributed by atoms with Crippen LogP contribution in [0.25, 0.3) is 5.69 Å². The highest BCUT2D eigenvalue weighted by molar-refractivity contribution is 7.99. The molecule has 0 saturated heterocycles. The van der Waals surface area contributed by atoms with Crippen LogP contribution in [-0.4, -0.2) is 64.6 Å². The van der Waals surface area contributed by atoms with Gasteiger partial charge in [-0.1, -0.05) is 49.9 Å². The maximum absolute atomic E-state index is 14.6. The largest absolute Gasteiger partial charge is 0.356 e. The highest BCUT2D eigenvalue weighted by atomic mass is 32.2. The summed E-state index contributed by atoms with van der Waals surface area (Å²) >= 11 is 1.10. The number of Topliss-reactive ketones (excluding diaryl/α,β-unsaturated/α-hetero) is 1. The molecule has 3 rings (SSSR count). The molecule has 0 unspecified atom stereocenters. The fourth-order valence-corrected chi connectivity index (χ4v) is 5.84. The van der Waals surface area contributed by atoms with E-state index >= 15 is 0 Å². The first-order chi connectivity index (χ1) is 17.2. The molecule has 0 atom stereocenters. The number of thioether (sulfide) groups is 1. The topological polar surface area (TPSA) is 114 Å². The first-order valence-electron chi connectivity index (χ1n) is 11.4. The second-order valence-electron chi connectivity index (χ2n) is 7.74. The molecule has 0 aliphatic heterocycles. The average molecular weight is 534 g/mol. The number of nitrogens with one attached hydrogen (secondary N) is 1. The van der Waals surface area contributed by atoms with Gasteiger partial charge >= 0.3 is 0 Å². The van der Waals surface area contributed by atoms with E-state index in [0.717, 1.165) is 11.8 Å². The Kier molecular flexibility index (Phi) is 9.35. The van der Waals surface area contributed by atoms with Gasteiger partial charge in [-0.05, 0) is 24.3 Å². The van der Waals surface area contributed by atoms with Crippen molar-refractivity contribution in [2.45, 2.75) is 37.2 Å². The van der Waals surface area contributed by atoms with Crippen molar-refractivity contribution in [2.75, 3.05) is 25.4 Å². The first kappa shape index (κ1) is 27.5. The van der Waals surface area contributed by atoms with Crippen molar-refractivity contribution in [3.05, 3.63) is 65.7 Å². The molecule has 3 aromatic rings. The van der Waals surface area contributed by atoms with Gasteiger partial charge in [0.1, 0.15) is 11.6 Å². The molecule has 2 aromatic carbocycles. The number of sulfonamides is 1. The van der Waals surface area contributed by atoms with Crippen molar-refractivity contribution in [3.8, 4) is 5.69 Å². The number of carbonyl (C=O) groups is 2. The smallest absolute Gasteiger partial charge is 0.243 e. The van der Waals surface area contributed by atoms with E-state index in [-0.39, 0.29) is 28.0 Å². The summed E-state index contributed by atoms with van der Waals surface area (Å²) in [6.07, 6.45) is 0.317. The predicted molar refractivity (Wildman–Crippen MR) is 135 cm³/mol. The zero-order chi connectivity index (χ0) is 26.3. The SMILES string of the molecule is CCN(CC)S(=O)(=O)c1ccc(C(=O)CSc2nnc(CCNC(C)=O)n2-c2ccccc2F)cc1. The molecule has 0 bridgehead atoms. The zero-order valence-electron chi connectivity index (χ0n) is 20.3. The fraction of sp³-hybridized carbons (Fsp3) is 0.333. The molecule has 0 radical (unpaired) electrons. The summed E-state index contributed by atoms with van der Waals surface area (Å²) in [7, 11) is -3.62. The molecule has 9 nitrogen and oxygen atoms in total. The quantitative estimate of drug-likeness (QED) is 0.281. The van der Waals surface area contributed by atoms with Crippen LogP contribution in [0.5, 0.6) is 0 Å². The van der Waals surface area contributed by atoms with Gasteiger partial charge in [0.2, 0.25) is 15.9 Å². The normalized spacial score (nSPS) is 11.6. The monoisotopic (exact) mass is 533 g/mol. The highest BCUT2D eigenvalue weighted by Gasteiger charge is 2.22. The lowest BCUT2D eigenvalue weighted by molar-refractivity contribution is -0.118. The van der Waals surface area contributed by atoms with Crippen LogP contribution in [0.1, 0.15) is 37.0 Å². The van der Waals surface area contributed by atoms with E-state index in [0.29, 0.717) is 42.6 Å². The number of amides is 1. The maximum atomic E-state index is 14.6. The minimum atomic E-state index is -3.62. The third-order valence-corrected chi connectivity index (χ3v) is 8.36. The van der Waals surface area contributed by atoms with E-state index in [1.165, 1.54) is 46.1 Å². The number of nitrogens with zero attached hydrogens (tertiary/aromatic N) is 4. The molecule has 0 aliphatic rings. The van der Waals surface area contributed by atoms with Gasteiger partial charge < -0.3 is 5.32 Å². The average Bonchev–Trinajstić information content (AvgIpc) is 3.25. The molecule has 0 aliphatic carbocycles. The summed E-state index contributed by atoms with van der Waals surface area (Å²) in [5.74, 6) is -0.482. The van der Waals surface area contributed by atoms with Gasteiger partial charge in [-0.3, -0.25) is 14.2 Å². The minimum Gasteiger partial charge on any atom is -0.356 e. The molecule has 1 N–H and O–H groups in total. The number of hydrogen-bond donors (Lipinski definition) is 1. The summed E-state index contributed by atoms with van der Waals surface area (Å²) in [5.41, 5.74) is 0.588. The van der Waals surface area contributed by atoms with Gasteiger partial charge in [-0.2, -0.15) is 4.31 Å². The Balaban J connectivity index is 1.79. The third kappa shape index (κ3) is 6.37. The fourth-order valence-electron chi connectivity index (χ4n) is 3.52. The second-order valence-corrected chi connectivity index (χ2v) is 10.6. The van der Waals surface area contributed by atoms with Crippen LogP contribution in [0, 0.1) is 5.82 Å². The Bertz CT molecular complexity index is 1320. The van der Waals surface area contributed by atoms with Crippen molar-refractivity contribution < 1.29 is 22.4 Å². The number of rotatable bonds is 12. The van der Waals surface area contributed by atoms with Crippen LogP contribution < -0.4 is 5.32 Å². The highest BCUT2D eigenvalue weighted by Crippen LogP contribution is 2.25. The van der Waals surface area contributed by atoms with Crippen LogP contribution in [0.15, 0.2) is 58.6 Å². The number of ketones is 1. The van der Waals surface area contributed by atoms with Gasteiger partial charge in [0.05, 0.1) is 16.3 Å². The Morgan fingerprint density at radius 1 is 1.06 bits per heavy atom. The van der Waals surface area contributed by atoms with E-state index in [4.69, 9.17) is 0 Å².